The van der Waals surface area contributed by atoms with Gasteiger partial charge in [0.2, 0.25) is 5.91 Å². The fraction of sp³-hybridized carbons (Fsp3) is 0.368. The lowest BCUT2D eigenvalue weighted by Gasteiger charge is -2.22. The second-order valence-corrected chi connectivity index (χ2v) is 6.33. The minimum absolute atomic E-state index is 0.0110. The number of carbonyl (C=O) groups is 2. The van der Waals surface area contributed by atoms with E-state index in [1.165, 1.54) is 12.5 Å². The average Bonchev–Trinajstić information content (AvgIpc) is 3.16. The van der Waals surface area contributed by atoms with Crippen LogP contribution < -0.4 is 16.0 Å². The van der Waals surface area contributed by atoms with Gasteiger partial charge in [-0.3, -0.25) is 9.59 Å². The number of rotatable bonds is 6. The number of hydrogen-bond acceptors (Lipinski definition) is 4. The Morgan fingerprint density at radius 2 is 1.88 bits per heavy atom. The molecule has 3 N–H and O–H groups in total. The molecule has 1 fully saturated rings. The van der Waals surface area contributed by atoms with Crippen LogP contribution in [0, 0.1) is 5.92 Å². The first kappa shape index (κ1) is 17.2. The van der Waals surface area contributed by atoms with Gasteiger partial charge in [-0.05, 0) is 62.5 Å². The predicted octanol–water partition coefficient (Wildman–Crippen LogP) is 3.25. The molecule has 1 aliphatic rings. The van der Waals surface area contributed by atoms with Crippen LogP contribution in [0.1, 0.15) is 36.0 Å². The third kappa shape index (κ3) is 5.19. The second-order valence-electron chi connectivity index (χ2n) is 6.33. The van der Waals surface area contributed by atoms with Crippen molar-refractivity contribution in [2.45, 2.75) is 25.7 Å². The predicted molar refractivity (Wildman–Crippen MR) is 96.6 cm³/mol. The number of carbonyl (C=O) groups excluding carboxylic acids is 2. The molecule has 6 heteroatoms. The SMILES string of the molecule is O=C(CCC1CCNCC1)Nc1cccc(NC(=O)c2ccoc2)c1. The van der Waals surface area contributed by atoms with Crippen molar-refractivity contribution in [2.75, 3.05) is 23.7 Å². The van der Waals surface area contributed by atoms with Crippen molar-refractivity contribution < 1.29 is 14.0 Å². The minimum atomic E-state index is -0.247. The first-order valence-corrected chi connectivity index (χ1v) is 8.65. The van der Waals surface area contributed by atoms with Gasteiger partial charge < -0.3 is 20.4 Å². The smallest absolute Gasteiger partial charge is 0.258 e. The molecule has 0 spiro atoms. The number of piperidine rings is 1. The Balaban J connectivity index is 1.50. The monoisotopic (exact) mass is 341 g/mol. The highest BCUT2D eigenvalue weighted by atomic mass is 16.3. The van der Waals surface area contributed by atoms with Gasteiger partial charge in [0.15, 0.2) is 0 Å². The molecule has 6 nitrogen and oxygen atoms in total. The highest BCUT2D eigenvalue weighted by Gasteiger charge is 2.14. The maximum absolute atomic E-state index is 12.1. The third-order valence-corrected chi connectivity index (χ3v) is 4.43. The molecule has 0 atom stereocenters. The Morgan fingerprint density at radius 3 is 2.60 bits per heavy atom. The van der Waals surface area contributed by atoms with Crippen LogP contribution in [0.4, 0.5) is 11.4 Å². The standard InChI is InChI=1S/C19H23N3O3/c23-18(5-4-14-6-9-20-10-7-14)21-16-2-1-3-17(12-16)22-19(24)15-8-11-25-13-15/h1-3,8,11-14,20H,4-7,9-10H2,(H,21,23)(H,22,24). The van der Waals surface area contributed by atoms with E-state index in [4.69, 9.17) is 4.42 Å². The van der Waals surface area contributed by atoms with E-state index in [1.54, 1.807) is 24.3 Å². The maximum atomic E-state index is 12.1. The van der Waals surface area contributed by atoms with Crippen LogP contribution in [0.5, 0.6) is 0 Å². The molecule has 1 aliphatic heterocycles. The van der Waals surface area contributed by atoms with Gasteiger partial charge in [0.1, 0.15) is 6.26 Å². The van der Waals surface area contributed by atoms with Gasteiger partial charge in [0.05, 0.1) is 11.8 Å². The molecule has 25 heavy (non-hydrogen) atoms. The molecule has 1 aromatic heterocycles. The Labute approximate surface area is 147 Å². The molecule has 2 amide bonds. The summed E-state index contributed by atoms with van der Waals surface area (Å²) in [5.74, 6) is 0.396. The van der Waals surface area contributed by atoms with Crippen LogP contribution in [0.2, 0.25) is 0 Å². The first-order valence-electron chi connectivity index (χ1n) is 8.65. The first-order chi connectivity index (χ1) is 12.2. The lowest BCUT2D eigenvalue weighted by molar-refractivity contribution is -0.116. The van der Waals surface area contributed by atoms with Gasteiger partial charge in [-0.1, -0.05) is 6.07 Å². The molecule has 2 aromatic rings. The maximum Gasteiger partial charge on any atom is 0.258 e. The lowest BCUT2D eigenvalue weighted by atomic mass is 9.93. The summed E-state index contributed by atoms with van der Waals surface area (Å²) in [5.41, 5.74) is 1.76. The molecule has 0 radical (unpaired) electrons. The van der Waals surface area contributed by atoms with E-state index in [-0.39, 0.29) is 11.8 Å². The number of hydrogen-bond donors (Lipinski definition) is 3. The zero-order chi connectivity index (χ0) is 17.5. The van der Waals surface area contributed by atoms with Crippen molar-refractivity contribution >= 4 is 23.2 Å². The van der Waals surface area contributed by atoms with Crippen molar-refractivity contribution in [1.82, 2.24) is 5.32 Å². The molecule has 1 aromatic carbocycles. The largest absolute Gasteiger partial charge is 0.472 e. The Kier molecular flexibility index (Phi) is 5.85. The van der Waals surface area contributed by atoms with Crippen LogP contribution in [-0.2, 0) is 4.79 Å². The van der Waals surface area contributed by atoms with Crippen LogP contribution in [-0.4, -0.2) is 24.9 Å². The van der Waals surface area contributed by atoms with E-state index < -0.39 is 0 Å². The summed E-state index contributed by atoms with van der Waals surface area (Å²) in [7, 11) is 0. The van der Waals surface area contributed by atoms with Gasteiger partial charge in [-0.2, -0.15) is 0 Å². The summed E-state index contributed by atoms with van der Waals surface area (Å²) < 4.78 is 4.90. The molecule has 0 saturated carbocycles. The van der Waals surface area contributed by atoms with Crippen LogP contribution >= 0.6 is 0 Å². The topological polar surface area (TPSA) is 83.4 Å². The molecule has 2 heterocycles. The highest BCUT2D eigenvalue weighted by molar-refractivity contribution is 6.04. The molecule has 132 valence electrons. The van der Waals surface area contributed by atoms with Crippen molar-refractivity contribution in [2.24, 2.45) is 5.92 Å². The third-order valence-electron chi connectivity index (χ3n) is 4.43. The highest BCUT2D eigenvalue weighted by Crippen LogP contribution is 2.20. The summed E-state index contributed by atoms with van der Waals surface area (Å²) in [6.45, 7) is 2.09. The molecular formula is C19H23N3O3. The van der Waals surface area contributed by atoms with E-state index in [2.05, 4.69) is 16.0 Å². The van der Waals surface area contributed by atoms with E-state index in [9.17, 15) is 9.59 Å². The summed E-state index contributed by atoms with van der Waals surface area (Å²) in [6, 6.07) is 8.74. The zero-order valence-electron chi connectivity index (χ0n) is 14.1. The zero-order valence-corrected chi connectivity index (χ0v) is 14.1. The summed E-state index contributed by atoms with van der Waals surface area (Å²) >= 11 is 0. The van der Waals surface area contributed by atoms with Crippen LogP contribution in [0.25, 0.3) is 0 Å². The van der Waals surface area contributed by atoms with E-state index in [0.717, 1.165) is 32.4 Å². The van der Waals surface area contributed by atoms with Gasteiger partial charge in [-0.25, -0.2) is 0 Å². The lowest BCUT2D eigenvalue weighted by Crippen LogP contribution is -2.28. The summed E-state index contributed by atoms with van der Waals surface area (Å²) in [5, 5.41) is 9.02. The Bertz CT molecular complexity index is 706. The molecular weight excluding hydrogens is 318 g/mol. The van der Waals surface area contributed by atoms with Crippen LogP contribution in [0.15, 0.2) is 47.3 Å². The van der Waals surface area contributed by atoms with Crippen molar-refractivity contribution in [3.8, 4) is 0 Å². The molecule has 3 rings (SSSR count). The number of nitrogens with one attached hydrogen (secondary N) is 3. The van der Waals surface area contributed by atoms with Gasteiger partial charge in [0, 0.05) is 17.8 Å². The number of anilines is 2. The van der Waals surface area contributed by atoms with Gasteiger partial charge >= 0.3 is 0 Å². The van der Waals surface area contributed by atoms with Crippen molar-refractivity contribution in [1.29, 1.82) is 0 Å². The normalized spacial score (nSPS) is 14.9. The fourth-order valence-electron chi connectivity index (χ4n) is 3.00. The van der Waals surface area contributed by atoms with Crippen molar-refractivity contribution in [3.63, 3.8) is 0 Å². The van der Waals surface area contributed by atoms with Crippen molar-refractivity contribution in [3.05, 3.63) is 48.4 Å². The quantitative estimate of drug-likeness (QED) is 0.753. The molecule has 0 bridgehead atoms. The van der Waals surface area contributed by atoms with E-state index >= 15 is 0 Å². The summed E-state index contributed by atoms with van der Waals surface area (Å²) in [4.78, 5) is 24.2. The Morgan fingerprint density at radius 1 is 1.12 bits per heavy atom. The second kappa shape index (κ2) is 8.48. The van der Waals surface area contributed by atoms with Gasteiger partial charge in [0.25, 0.3) is 5.91 Å². The molecule has 0 unspecified atom stereocenters. The molecule has 0 aliphatic carbocycles. The summed E-state index contributed by atoms with van der Waals surface area (Å²) in [6.07, 6.45) is 6.57. The number of benzene rings is 1. The van der Waals surface area contributed by atoms with Crippen LogP contribution in [0.3, 0.4) is 0 Å². The average molecular weight is 341 g/mol. The number of furan rings is 1. The number of amides is 2. The minimum Gasteiger partial charge on any atom is -0.472 e. The molecule has 1 saturated heterocycles. The van der Waals surface area contributed by atoms with E-state index in [1.807, 2.05) is 6.07 Å². The Hall–Kier alpha value is -2.60. The van der Waals surface area contributed by atoms with E-state index in [0.29, 0.717) is 29.3 Å². The van der Waals surface area contributed by atoms with Gasteiger partial charge in [-0.15, -0.1) is 0 Å². The fourth-order valence-corrected chi connectivity index (χ4v) is 3.00.